The first-order chi connectivity index (χ1) is 8.78. The Morgan fingerprint density at radius 3 is 2.53 bits per heavy atom. The van der Waals surface area contributed by atoms with Gasteiger partial charge in [-0.25, -0.2) is 0 Å². The summed E-state index contributed by atoms with van der Waals surface area (Å²) in [6.45, 7) is 6.43. The van der Waals surface area contributed by atoms with Crippen molar-refractivity contribution in [1.82, 2.24) is 5.32 Å². The van der Waals surface area contributed by atoms with Crippen molar-refractivity contribution in [2.75, 3.05) is 6.54 Å². The molecule has 1 aromatic rings. The highest BCUT2D eigenvalue weighted by Crippen LogP contribution is 2.22. The van der Waals surface area contributed by atoms with Crippen LogP contribution in [0.4, 0.5) is 0 Å². The van der Waals surface area contributed by atoms with Crippen molar-refractivity contribution in [2.24, 2.45) is 5.41 Å². The Morgan fingerprint density at radius 1 is 1.26 bits per heavy atom. The molecular weight excluding hydrogens is 281 g/mol. The average Bonchev–Trinajstić information content (AvgIpc) is 2.28. The van der Waals surface area contributed by atoms with Gasteiger partial charge in [-0.15, -0.1) is 0 Å². The molecule has 2 nitrogen and oxygen atoms in total. The first-order valence-electron chi connectivity index (χ1n) is 5.98. The van der Waals surface area contributed by atoms with Crippen molar-refractivity contribution in [2.45, 2.75) is 27.2 Å². The minimum atomic E-state index is -0.0819. The third-order valence-corrected chi connectivity index (χ3v) is 2.93. The second-order valence-corrected chi connectivity index (χ2v) is 6.07. The number of rotatable bonds is 3. The molecule has 0 radical (unpaired) electrons. The van der Waals surface area contributed by atoms with Crippen LogP contribution in [0.5, 0.6) is 0 Å². The minimum absolute atomic E-state index is 0.0472. The Bertz CT molecular complexity index is 521. The predicted molar refractivity (Wildman–Crippen MR) is 80.4 cm³/mol. The monoisotopic (exact) mass is 297 g/mol. The molecule has 0 aliphatic heterocycles. The zero-order valence-electron chi connectivity index (χ0n) is 11.3. The lowest BCUT2D eigenvalue weighted by atomic mass is 9.98. The van der Waals surface area contributed by atoms with E-state index in [1.165, 1.54) is 0 Å². The standard InChI is InChI=1S/C15H17Cl2NO/c1-15(2,3)7-4-8-18-14(19)10-11-5-6-12(16)13(17)9-11/h5-6,9H,8,10H2,1-3H3,(H,18,19). The van der Waals surface area contributed by atoms with Gasteiger partial charge in [0.15, 0.2) is 0 Å². The van der Waals surface area contributed by atoms with E-state index in [1.807, 2.05) is 20.8 Å². The molecule has 19 heavy (non-hydrogen) atoms. The molecule has 0 aliphatic carbocycles. The van der Waals surface area contributed by atoms with Gasteiger partial charge in [-0.3, -0.25) is 4.79 Å². The normalized spacial score (nSPS) is 10.6. The zero-order valence-corrected chi connectivity index (χ0v) is 12.8. The van der Waals surface area contributed by atoms with Gasteiger partial charge < -0.3 is 5.32 Å². The highest BCUT2D eigenvalue weighted by molar-refractivity contribution is 6.42. The lowest BCUT2D eigenvalue weighted by Crippen LogP contribution is -2.25. The van der Waals surface area contributed by atoms with E-state index in [0.29, 0.717) is 16.6 Å². The molecule has 1 aromatic carbocycles. The number of halogens is 2. The maximum absolute atomic E-state index is 11.7. The number of carbonyl (C=O) groups is 1. The number of hydrogen-bond donors (Lipinski definition) is 1. The SMILES string of the molecule is CC(C)(C)C#CCNC(=O)Cc1ccc(Cl)c(Cl)c1. The minimum Gasteiger partial charge on any atom is -0.345 e. The van der Waals surface area contributed by atoms with Crippen LogP contribution in [0.25, 0.3) is 0 Å². The van der Waals surface area contributed by atoms with Gasteiger partial charge in [0.2, 0.25) is 5.91 Å². The summed E-state index contributed by atoms with van der Waals surface area (Å²) in [5, 5.41) is 3.69. The molecular formula is C15H17Cl2NO. The van der Waals surface area contributed by atoms with Gasteiger partial charge in [0, 0.05) is 5.41 Å². The molecule has 0 heterocycles. The fourth-order valence-corrected chi connectivity index (χ4v) is 1.67. The van der Waals surface area contributed by atoms with Crippen molar-refractivity contribution in [1.29, 1.82) is 0 Å². The number of nitrogens with one attached hydrogen (secondary N) is 1. The lowest BCUT2D eigenvalue weighted by molar-refractivity contribution is -0.120. The molecule has 0 aromatic heterocycles. The Kier molecular flexibility index (Phi) is 5.72. The van der Waals surface area contributed by atoms with Crippen molar-refractivity contribution < 1.29 is 4.79 Å². The Morgan fingerprint density at radius 2 is 1.95 bits per heavy atom. The number of amides is 1. The van der Waals surface area contributed by atoms with E-state index in [-0.39, 0.29) is 17.7 Å². The predicted octanol–water partition coefficient (Wildman–Crippen LogP) is 3.70. The number of carbonyl (C=O) groups excluding carboxylic acids is 1. The van der Waals surface area contributed by atoms with Crippen LogP contribution in [0.3, 0.4) is 0 Å². The van der Waals surface area contributed by atoms with Gasteiger partial charge >= 0.3 is 0 Å². The average molecular weight is 298 g/mol. The van der Waals surface area contributed by atoms with E-state index in [4.69, 9.17) is 23.2 Å². The lowest BCUT2D eigenvalue weighted by Gasteiger charge is -2.07. The summed E-state index contributed by atoms with van der Waals surface area (Å²) in [6, 6.07) is 5.17. The largest absolute Gasteiger partial charge is 0.345 e. The number of benzene rings is 1. The van der Waals surface area contributed by atoms with Crippen molar-refractivity contribution >= 4 is 29.1 Å². The van der Waals surface area contributed by atoms with Crippen LogP contribution in [0.1, 0.15) is 26.3 Å². The Hall–Kier alpha value is -1.17. The quantitative estimate of drug-likeness (QED) is 0.847. The summed E-state index contributed by atoms with van der Waals surface area (Å²) in [5.74, 6) is 5.91. The Labute approximate surface area is 124 Å². The van der Waals surface area contributed by atoms with E-state index in [2.05, 4.69) is 17.2 Å². The first-order valence-corrected chi connectivity index (χ1v) is 6.74. The molecule has 0 unspecified atom stereocenters. The molecule has 4 heteroatoms. The van der Waals surface area contributed by atoms with E-state index >= 15 is 0 Å². The molecule has 0 atom stereocenters. The summed E-state index contributed by atoms with van der Waals surface area (Å²) in [5.41, 5.74) is 0.782. The molecule has 0 fully saturated rings. The molecule has 0 bridgehead atoms. The van der Waals surface area contributed by atoms with Crippen LogP contribution in [0.2, 0.25) is 10.0 Å². The van der Waals surface area contributed by atoms with Crippen LogP contribution < -0.4 is 5.32 Å². The van der Waals surface area contributed by atoms with Gasteiger partial charge in [0.25, 0.3) is 0 Å². The molecule has 1 rings (SSSR count). The van der Waals surface area contributed by atoms with Crippen molar-refractivity contribution in [3.05, 3.63) is 33.8 Å². The summed E-state index contributed by atoms with van der Waals surface area (Å²) in [6.07, 6.45) is 0.272. The highest BCUT2D eigenvalue weighted by atomic mass is 35.5. The van der Waals surface area contributed by atoms with Gasteiger partial charge in [-0.1, -0.05) is 41.1 Å². The molecule has 0 spiro atoms. The topological polar surface area (TPSA) is 29.1 Å². The molecule has 0 saturated carbocycles. The maximum Gasteiger partial charge on any atom is 0.225 e. The summed E-state index contributed by atoms with van der Waals surface area (Å²) < 4.78 is 0. The van der Waals surface area contributed by atoms with Crippen molar-refractivity contribution in [3.63, 3.8) is 0 Å². The summed E-state index contributed by atoms with van der Waals surface area (Å²) >= 11 is 11.7. The highest BCUT2D eigenvalue weighted by Gasteiger charge is 2.05. The van der Waals surface area contributed by atoms with E-state index in [9.17, 15) is 4.79 Å². The van der Waals surface area contributed by atoms with E-state index in [0.717, 1.165) is 5.56 Å². The van der Waals surface area contributed by atoms with Gasteiger partial charge in [0.05, 0.1) is 23.0 Å². The van der Waals surface area contributed by atoms with Crippen LogP contribution >= 0.6 is 23.2 Å². The molecule has 102 valence electrons. The first kappa shape index (κ1) is 15.9. The third kappa shape index (κ3) is 6.52. The van der Waals surface area contributed by atoms with E-state index in [1.54, 1.807) is 18.2 Å². The van der Waals surface area contributed by atoms with Gasteiger partial charge in [-0.2, -0.15) is 0 Å². The third-order valence-electron chi connectivity index (χ3n) is 2.19. The summed E-state index contributed by atoms with van der Waals surface area (Å²) in [4.78, 5) is 11.7. The fraction of sp³-hybridized carbons (Fsp3) is 0.400. The summed E-state index contributed by atoms with van der Waals surface area (Å²) in [7, 11) is 0. The van der Waals surface area contributed by atoms with Gasteiger partial charge in [-0.05, 0) is 38.5 Å². The fourth-order valence-electron chi connectivity index (χ4n) is 1.35. The molecule has 0 saturated heterocycles. The van der Waals surface area contributed by atoms with Crippen molar-refractivity contribution in [3.8, 4) is 11.8 Å². The molecule has 0 aliphatic rings. The van der Waals surface area contributed by atoms with Crippen LogP contribution in [-0.2, 0) is 11.2 Å². The second-order valence-electron chi connectivity index (χ2n) is 5.25. The molecule has 1 amide bonds. The molecule has 1 N–H and O–H groups in total. The second kappa shape index (κ2) is 6.84. The smallest absolute Gasteiger partial charge is 0.225 e. The zero-order chi connectivity index (χ0) is 14.5. The van der Waals surface area contributed by atoms with Crippen LogP contribution in [0.15, 0.2) is 18.2 Å². The van der Waals surface area contributed by atoms with Gasteiger partial charge in [0.1, 0.15) is 0 Å². The number of hydrogen-bond acceptors (Lipinski definition) is 1. The van der Waals surface area contributed by atoms with Crippen LogP contribution in [-0.4, -0.2) is 12.5 Å². The maximum atomic E-state index is 11.7. The van der Waals surface area contributed by atoms with Crippen LogP contribution in [0, 0.1) is 17.3 Å². The van der Waals surface area contributed by atoms with E-state index < -0.39 is 0 Å². The Balaban J connectivity index is 2.47.